The van der Waals surface area contributed by atoms with Crippen molar-refractivity contribution in [2.45, 2.75) is 13.8 Å². The van der Waals surface area contributed by atoms with Crippen LogP contribution < -0.4 is 5.32 Å². The number of hydrogen-bond donors (Lipinski definition) is 1. The first-order chi connectivity index (χ1) is 11.5. The Kier molecular flexibility index (Phi) is 7.02. The summed E-state index contributed by atoms with van der Waals surface area (Å²) in [7, 11) is 0. The van der Waals surface area contributed by atoms with Gasteiger partial charge in [-0.15, -0.1) is 0 Å². The molecule has 1 aromatic carbocycles. The van der Waals surface area contributed by atoms with Crippen LogP contribution in [-0.4, -0.2) is 67.6 Å². The first kappa shape index (κ1) is 18.7. The standard InChI is InChI=1S/C17H24ClN3O3/c1-13-3-4-15(18)11-16(13)19-17(23)12-21(14(2)22)6-5-20-7-9-24-10-8-20/h3-4,11H,5-10,12H2,1-2H3,(H,19,23). The molecule has 1 saturated heterocycles. The topological polar surface area (TPSA) is 61.9 Å². The minimum absolute atomic E-state index is 0.0334. The molecule has 2 rings (SSSR count). The second-order valence-electron chi connectivity index (χ2n) is 5.90. The van der Waals surface area contributed by atoms with E-state index >= 15 is 0 Å². The van der Waals surface area contributed by atoms with Crippen LogP contribution in [0.25, 0.3) is 0 Å². The van der Waals surface area contributed by atoms with Gasteiger partial charge in [0.2, 0.25) is 11.8 Å². The normalized spacial score (nSPS) is 15.1. The summed E-state index contributed by atoms with van der Waals surface area (Å²) in [6, 6.07) is 5.33. The Bertz CT molecular complexity index is 588. The number of halogens is 1. The van der Waals surface area contributed by atoms with Crippen LogP contribution >= 0.6 is 11.6 Å². The molecule has 7 heteroatoms. The number of morpholine rings is 1. The van der Waals surface area contributed by atoms with Crippen LogP contribution in [0.15, 0.2) is 18.2 Å². The van der Waals surface area contributed by atoms with Crippen LogP contribution in [0.5, 0.6) is 0 Å². The molecule has 0 bridgehead atoms. The van der Waals surface area contributed by atoms with Gasteiger partial charge in [-0.05, 0) is 24.6 Å². The number of ether oxygens (including phenoxy) is 1. The number of amides is 2. The lowest BCUT2D eigenvalue weighted by atomic mass is 10.2. The Labute approximate surface area is 147 Å². The molecule has 0 aromatic heterocycles. The Morgan fingerprint density at radius 2 is 2.04 bits per heavy atom. The molecule has 6 nitrogen and oxygen atoms in total. The molecule has 24 heavy (non-hydrogen) atoms. The summed E-state index contributed by atoms with van der Waals surface area (Å²) in [5.41, 5.74) is 1.60. The van der Waals surface area contributed by atoms with Gasteiger partial charge in [-0.3, -0.25) is 14.5 Å². The molecule has 1 heterocycles. The predicted molar refractivity (Wildman–Crippen MR) is 94.3 cm³/mol. The van der Waals surface area contributed by atoms with E-state index in [0.29, 0.717) is 30.5 Å². The van der Waals surface area contributed by atoms with Crippen LogP contribution in [0.3, 0.4) is 0 Å². The SMILES string of the molecule is CC(=O)N(CCN1CCOCC1)CC(=O)Nc1cc(Cl)ccc1C. The van der Waals surface area contributed by atoms with Crippen molar-refractivity contribution in [3.8, 4) is 0 Å². The summed E-state index contributed by atoms with van der Waals surface area (Å²) in [5, 5.41) is 3.39. The molecule has 1 aliphatic heterocycles. The highest BCUT2D eigenvalue weighted by Gasteiger charge is 2.17. The predicted octanol–water partition coefficient (Wildman–Crippen LogP) is 1.77. The second-order valence-corrected chi connectivity index (χ2v) is 6.34. The first-order valence-electron chi connectivity index (χ1n) is 8.07. The molecule has 132 valence electrons. The van der Waals surface area contributed by atoms with Crippen molar-refractivity contribution >= 4 is 29.1 Å². The second kappa shape index (κ2) is 9.01. The minimum Gasteiger partial charge on any atom is -0.379 e. The van der Waals surface area contributed by atoms with Crippen LogP contribution in [0, 0.1) is 6.92 Å². The quantitative estimate of drug-likeness (QED) is 0.846. The van der Waals surface area contributed by atoms with Crippen molar-refractivity contribution in [2.75, 3.05) is 51.3 Å². The molecule has 0 atom stereocenters. The third-order valence-corrected chi connectivity index (χ3v) is 4.28. The van der Waals surface area contributed by atoms with Crippen molar-refractivity contribution in [3.63, 3.8) is 0 Å². The fourth-order valence-corrected chi connectivity index (χ4v) is 2.70. The molecule has 0 radical (unpaired) electrons. The van der Waals surface area contributed by atoms with Gasteiger partial charge in [0, 0.05) is 43.8 Å². The highest BCUT2D eigenvalue weighted by Crippen LogP contribution is 2.20. The van der Waals surface area contributed by atoms with Crippen molar-refractivity contribution in [3.05, 3.63) is 28.8 Å². The minimum atomic E-state index is -0.224. The van der Waals surface area contributed by atoms with E-state index in [1.807, 2.05) is 13.0 Å². The fourth-order valence-electron chi connectivity index (χ4n) is 2.53. The highest BCUT2D eigenvalue weighted by atomic mass is 35.5. The number of aryl methyl sites for hydroxylation is 1. The van der Waals surface area contributed by atoms with Crippen LogP contribution in [-0.2, 0) is 14.3 Å². The van der Waals surface area contributed by atoms with E-state index in [2.05, 4.69) is 10.2 Å². The Balaban J connectivity index is 1.88. The average molecular weight is 354 g/mol. The van der Waals surface area contributed by atoms with Gasteiger partial charge in [0.25, 0.3) is 0 Å². The van der Waals surface area contributed by atoms with Crippen molar-refractivity contribution in [1.82, 2.24) is 9.80 Å². The van der Waals surface area contributed by atoms with Gasteiger partial charge < -0.3 is 15.0 Å². The van der Waals surface area contributed by atoms with Gasteiger partial charge in [0.15, 0.2) is 0 Å². The van der Waals surface area contributed by atoms with E-state index in [9.17, 15) is 9.59 Å². The molecule has 1 fully saturated rings. The molecule has 0 unspecified atom stereocenters. The highest BCUT2D eigenvalue weighted by molar-refractivity contribution is 6.31. The van der Waals surface area contributed by atoms with E-state index in [1.54, 1.807) is 17.0 Å². The molecule has 1 aromatic rings. The van der Waals surface area contributed by atoms with Crippen molar-refractivity contribution in [2.24, 2.45) is 0 Å². The summed E-state index contributed by atoms with van der Waals surface area (Å²) in [5.74, 6) is -0.334. The molecule has 1 aliphatic rings. The lowest BCUT2D eigenvalue weighted by Crippen LogP contribution is -2.44. The number of rotatable bonds is 6. The van der Waals surface area contributed by atoms with Crippen LogP contribution in [0.2, 0.25) is 5.02 Å². The molecule has 0 spiro atoms. The molecular weight excluding hydrogens is 330 g/mol. The van der Waals surface area contributed by atoms with E-state index in [-0.39, 0.29) is 18.4 Å². The Hall–Kier alpha value is -1.63. The Morgan fingerprint density at radius 3 is 2.71 bits per heavy atom. The molecule has 1 N–H and O–H groups in total. The third kappa shape index (κ3) is 5.78. The molecule has 0 saturated carbocycles. The summed E-state index contributed by atoms with van der Waals surface area (Å²) in [6.07, 6.45) is 0. The zero-order chi connectivity index (χ0) is 17.5. The summed E-state index contributed by atoms with van der Waals surface area (Å²) in [4.78, 5) is 27.9. The lowest BCUT2D eigenvalue weighted by Gasteiger charge is -2.29. The number of carbonyl (C=O) groups excluding carboxylic acids is 2. The van der Waals surface area contributed by atoms with Crippen molar-refractivity contribution < 1.29 is 14.3 Å². The van der Waals surface area contributed by atoms with E-state index < -0.39 is 0 Å². The zero-order valence-electron chi connectivity index (χ0n) is 14.2. The lowest BCUT2D eigenvalue weighted by molar-refractivity contribution is -0.133. The molecule has 0 aliphatic carbocycles. The van der Waals surface area contributed by atoms with Crippen LogP contribution in [0.1, 0.15) is 12.5 Å². The zero-order valence-corrected chi connectivity index (χ0v) is 14.9. The maximum atomic E-state index is 12.3. The number of nitrogens with zero attached hydrogens (tertiary/aromatic N) is 2. The van der Waals surface area contributed by atoms with Gasteiger partial charge in [0.1, 0.15) is 0 Å². The monoisotopic (exact) mass is 353 g/mol. The summed E-state index contributed by atoms with van der Waals surface area (Å²) in [6.45, 7) is 7.84. The summed E-state index contributed by atoms with van der Waals surface area (Å²) < 4.78 is 5.31. The van der Waals surface area contributed by atoms with Gasteiger partial charge >= 0.3 is 0 Å². The van der Waals surface area contributed by atoms with Gasteiger partial charge in [-0.2, -0.15) is 0 Å². The van der Waals surface area contributed by atoms with Crippen LogP contribution in [0.4, 0.5) is 5.69 Å². The number of benzene rings is 1. The molecule has 2 amide bonds. The number of anilines is 1. The number of carbonyl (C=O) groups is 2. The van der Waals surface area contributed by atoms with Gasteiger partial charge in [0.05, 0.1) is 19.8 Å². The smallest absolute Gasteiger partial charge is 0.244 e. The largest absolute Gasteiger partial charge is 0.379 e. The molecular formula is C17H24ClN3O3. The third-order valence-electron chi connectivity index (χ3n) is 4.04. The van der Waals surface area contributed by atoms with E-state index in [4.69, 9.17) is 16.3 Å². The maximum Gasteiger partial charge on any atom is 0.244 e. The Morgan fingerprint density at radius 1 is 1.33 bits per heavy atom. The first-order valence-corrected chi connectivity index (χ1v) is 8.45. The van der Waals surface area contributed by atoms with Gasteiger partial charge in [-0.1, -0.05) is 17.7 Å². The number of hydrogen-bond acceptors (Lipinski definition) is 4. The fraction of sp³-hybridized carbons (Fsp3) is 0.529. The van der Waals surface area contributed by atoms with E-state index in [0.717, 1.165) is 25.2 Å². The average Bonchev–Trinajstić information content (AvgIpc) is 2.55. The summed E-state index contributed by atoms with van der Waals surface area (Å²) >= 11 is 5.96. The maximum absolute atomic E-state index is 12.3. The number of nitrogens with one attached hydrogen (secondary N) is 1. The van der Waals surface area contributed by atoms with E-state index in [1.165, 1.54) is 6.92 Å². The van der Waals surface area contributed by atoms with Crippen molar-refractivity contribution in [1.29, 1.82) is 0 Å². The van der Waals surface area contributed by atoms with Gasteiger partial charge in [-0.25, -0.2) is 0 Å².